The zero-order valence-electron chi connectivity index (χ0n) is 21.8. The van der Waals surface area contributed by atoms with Gasteiger partial charge < -0.3 is 15.7 Å². The molecule has 4 aromatic carbocycles. The van der Waals surface area contributed by atoms with Gasteiger partial charge in [0.15, 0.2) is 11.6 Å². The molecule has 0 aliphatic heterocycles. The molecule has 1 aliphatic rings. The van der Waals surface area contributed by atoms with Crippen LogP contribution in [0.3, 0.4) is 0 Å². The number of amides is 2. The maximum atomic E-state index is 13.4. The third kappa shape index (κ3) is 5.53. The topological polar surface area (TPSA) is 130 Å². The average Bonchev–Trinajstić information content (AvgIpc) is 2.98. The molecule has 1 aliphatic carbocycles. The van der Waals surface area contributed by atoms with Gasteiger partial charge in [-0.05, 0) is 42.8 Å². The van der Waals surface area contributed by atoms with Gasteiger partial charge in [0, 0.05) is 27.3 Å². The third-order valence-electron chi connectivity index (χ3n) is 6.65. The van der Waals surface area contributed by atoms with Gasteiger partial charge in [-0.2, -0.15) is 0 Å². The van der Waals surface area contributed by atoms with Gasteiger partial charge in [0.05, 0.1) is 27.6 Å². The Bertz CT molecular complexity index is 1730. The Morgan fingerprint density at radius 1 is 0.756 bits per heavy atom. The van der Waals surface area contributed by atoms with Gasteiger partial charge in [0.25, 0.3) is 5.91 Å². The number of ketones is 2. The van der Waals surface area contributed by atoms with Crippen LogP contribution in [0.1, 0.15) is 65.9 Å². The Morgan fingerprint density at radius 2 is 1.39 bits per heavy atom. The first-order valence-corrected chi connectivity index (χ1v) is 13.7. The fraction of sp³-hybridized carbons (Fsp3) is 0.0938. The second-order valence-electron chi connectivity index (χ2n) is 9.27. The van der Waals surface area contributed by atoms with Crippen LogP contribution in [0.25, 0.3) is 0 Å². The molecule has 0 saturated heterocycles. The van der Waals surface area contributed by atoms with Gasteiger partial charge in [0.2, 0.25) is 5.91 Å². The van der Waals surface area contributed by atoms with Crippen LogP contribution >= 0.6 is 11.8 Å². The lowest BCUT2D eigenvalue weighted by Gasteiger charge is -2.21. The van der Waals surface area contributed by atoms with Crippen LogP contribution in [0.4, 0.5) is 11.4 Å². The predicted octanol–water partition coefficient (Wildman–Crippen LogP) is 5.92. The van der Waals surface area contributed by atoms with E-state index < -0.39 is 17.1 Å². The van der Waals surface area contributed by atoms with Crippen LogP contribution in [0, 0.1) is 0 Å². The lowest BCUT2D eigenvalue weighted by molar-refractivity contribution is -0.115. The van der Waals surface area contributed by atoms with E-state index in [2.05, 4.69) is 10.6 Å². The monoisotopic (exact) mass is 564 g/mol. The number of rotatable bonds is 8. The molecular weight excluding hydrogens is 540 g/mol. The van der Waals surface area contributed by atoms with Crippen molar-refractivity contribution in [2.75, 3.05) is 10.6 Å². The van der Waals surface area contributed by atoms with Gasteiger partial charge in [-0.1, -0.05) is 61.5 Å². The number of carboxylic acid groups (broad SMARTS) is 1. The summed E-state index contributed by atoms with van der Waals surface area (Å²) in [5, 5.41) is 14.4. The maximum absolute atomic E-state index is 13.4. The summed E-state index contributed by atoms with van der Waals surface area (Å²) in [7, 11) is 0. The largest absolute Gasteiger partial charge is 0.478 e. The highest BCUT2D eigenvalue weighted by atomic mass is 32.2. The summed E-state index contributed by atoms with van der Waals surface area (Å²) >= 11 is 1.28. The molecule has 4 aromatic rings. The summed E-state index contributed by atoms with van der Waals surface area (Å²) < 4.78 is 0. The second-order valence-corrected chi connectivity index (χ2v) is 10.5. The normalized spacial score (nSPS) is 12.6. The number of aromatic carboxylic acids is 1. The molecule has 8 nitrogen and oxygen atoms in total. The minimum absolute atomic E-state index is 0.0331. The minimum atomic E-state index is -1.20. The molecule has 1 atom stereocenters. The number of hydrogen-bond acceptors (Lipinski definition) is 6. The Morgan fingerprint density at radius 3 is 2.10 bits per heavy atom. The maximum Gasteiger partial charge on any atom is 0.336 e. The van der Waals surface area contributed by atoms with Crippen molar-refractivity contribution in [3.8, 4) is 0 Å². The van der Waals surface area contributed by atoms with E-state index in [-0.39, 0.29) is 45.4 Å². The zero-order chi connectivity index (χ0) is 29.1. The Kier molecular flexibility index (Phi) is 7.80. The summed E-state index contributed by atoms with van der Waals surface area (Å²) in [5.74, 6) is -2.69. The highest BCUT2D eigenvalue weighted by Gasteiger charge is 2.32. The quantitative estimate of drug-likeness (QED) is 0.199. The van der Waals surface area contributed by atoms with Crippen LogP contribution in [0.15, 0.2) is 95.9 Å². The van der Waals surface area contributed by atoms with Crippen molar-refractivity contribution >= 4 is 52.5 Å². The van der Waals surface area contributed by atoms with Gasteiger partial charge in [0.1, 0.15) is 0 Å². The van der Waals surface area contributed by atoms with Gasteiger partial charge in [-0.15, -0.1) is 11.8 Å². The van der Waals surface area contributed by atoms with Crippen LogP contribution in [-0.4, -0.2) is 39.7 Å². The summed E-state index contributed by atoms with van der Waals surface area (Å²) in [4.78, 5) is 64.7. The van der Waals surface area contributed by atoms with Crippen molar-refractivity contribution < 1.29 is 29.1 Å². The molecule has 0 heterocycles. The lowest BCUT2D eigenvalue weighted by atomic mass is 9.83. The summed E-state index contributed by atoms with van der Waals surface area (Å²) in [6, 6.07) is 24.3. The number of fused-ring (bicyclic) bond motifs is 2. The number of thioether (sulfide) groups is 1. The molecule has 0 aromatic heterocycles. The van der Waals surface area contributed by atoms with E-state index in [1.165, 1.54) is 23.9 Å². The van der Waals surface area contributed by atoms with Crippen LogP contribution < -0.4 is 10.6 Å². The van der Waals surface area contributed by atoms with Crippen molar-refractivity contribution in [1.82, 2.24) is 0 Å². The van der Waals surface area contributed by atoms with Crippen LogP contribution in [-0.2, 0) is 4.79 Å². The highest BCUT2D eigenvalue weighted by molar-refractivity contribution is 8.00. The minimum Gasteiger partial charge on any atom is -0.478 e. The average molecular weight is 565 g/mol. The van der Waals surface area contributed by atoms with E-state index >= 15 is 0 Å². The number of carbonyl (C=O) groups is 5. The lowest BCUT2D eigenvalue weighted by Crippen LogP contribution is -2.28. The van der Waals surface area contributed by atoms with E-state index in [1.807, 2.05) is 6.92 Å². The first-order chi connectivity index (χ1) is 19.8. The molecule has 9 heteroatoms. The molecule has 41 heavy (non-hydrogen) atoms. The van der Waals surface area contributed by atoms with Crippen LogP contribution in [0.5, 0.6) is 0 Å². The first-order valence-electron chi connectivity index (χ1n) is 12.8. The zero-order valence-corrected chi connectivity index (χ0v) is 22.7. The van der Waals surface area contributed by atoms with Gasteiger partial charge >= 0.3 is 5.97 Å². The summed E-state index contributed by atoms with van der Waals surface area (Å²) in [5.41, 5.74) is 1.71. The number of hydrogen-bond donors (Lipinski definition) is 3. The molecule has 0 bridgehead atoms. The molecule has 2 amide bonds. The smallest absolute Gasteiger partial charge is 0.336 e. The van der Waals surface area contributed by atoms with E-state index in [0.29, 0.717) is 28.1 Å². The Labute approximate surface area is 239 Å². The number of carbonyl (C=O) groups excluding carboxylic acids is 4. The fourth-order valence-corrected chi connectivity index (χ4v) is 5.68. The van der Waals surface area contributed by atoms with Crippen molar-refractivity contribution in [3.63, 3.8) is 0 Å². The number of anilines is 2. The van der Waals surface area contributed by atoms with E-state index in [0.717, 1.165) is 0 Å². The van der Waals surface area contributed by atoms with Crippen molar-refractivity contribution in [3.05, 3.63) is 124 Å². The molecule has 0 spiro atoms. The molecule has 0 fully saturated rings. The Balaban J connectivity index is 1.33. The number of nitrogens with one attached hydrogen (secondary N) is 2. The molecule has 204 valence electrons. The molecular formula is C32H24N2O6S. The Hall–Kier alpha value is -5.02. The first kappa shape index (κ1) is 27.5. The van der Waals surface area contributed by atoms with Crippen molar-refractivity contribution in [1.29, 1.82) is 0 Å². The fourth-order valence-electron chi connectivity index (χ4n) is 4.66. The van der Waals surface area contributed by atoms with Crippen molar-refractivity contribution in [2.45, 2.75) is 23.5 Å². The number of benzene rings is 4. The molecule has 0 saturated carbocycles. The highest BCUT2D eigenvalue weighted by Crippen LogP contribution is 2.33. The molecule has 3 N–H and O–H groups in total. The third-order valence-corrected chi connectivity index (χ3v) is 8.00. The van der Waals surface area contributed by atoms with Gasteiger partial charge in [-0.25, -0.2) is 4.79 Å². The predicted molar refractivity (Wildman–Crippen MR) is 156 cm³/mol. The van der Waals surface area contributed by atoms with E-state index in [4.69, 9.17) is 0 Å². The number of carboxylic acids is 1. The van der Waals surface area contributed by atoms with Gasteiger partial charge in [-0.3, -0.25) is 19.2 Å². The SMILES string of the molecule is CCC(Sc1cccc(NC(=O)c2ccccc2C(=O)O)c1)C(=O)Nc1cccc2c1C(=O)c1ccccc1C2=O. The standard InChI is InChI=1S/C32H24N2O6S/c1-2-26(41-19-10-7-9-18(17-19)33-30(37)22-13-5-6-14-23(22)32(39)40)31(38)34-25-16-8-15-24-27(25)29(36)21-12-4-3-11-20(21)28(24)35/h3-17,26H,2H2,1H3,(H,33,37)(H,34,38)(H,39,40). The summed E-state index contributed by atoms with van der Waals surface area (Å²) in [6.07, 6.45) is 0.462. The molecule has 1 unspecified atom stereocenters. The van der Waals surface area contributed by atoms with E-state index in [1.54, 1.807) is 78.9 Å². The molecule has 5 rings (SSSR count). The second kappa shape index (κ2) is 11.6. The van der Waals surface area contributed by atoms with E-state index in [9.17, 15) is 29.1 Å². The van der Waals surface area contributed by atoms with Crippen LogP contribution in [0.2, 0.25) is 0 Å². The van der Waals surface area contributed by atoms with Crippen molar-refractivity contribution in [2.24, 2.45) is 0 Å². The molecule has 0 radical (unpaired) electrons. The summed E-state index contributed by atoms with van der Waals surface area (Å²) in [6.45, 7) is 1.86.